The first-order valence-electron chi connectivity index (χ1n) is 9.42. The molecule has 3 aromatic rings. The van der Waals surface area contributed by atoms with Crippen molar-refractivity contribution in [2.24, 2.45) is 5.92 Å². The number of fused-ring (bicyclic) bond motifs is 1. The normalized spacial score (nSPS) is 16.5. The molecule has 2 aromatic carbocycles. The molecule has 2 heterocycles. The molecule has 1 N–H and O–H groups in total. The summed E-state index contributed by atoms with van der Waals surface area (Å²) in [7, 11) is 0. The van der Waals surface area contributed by atoms with Crippen LogP contribution in [-0.4, -0.2) is 29.5 Å². The number of halogens is 1. The van der Waals surface area contributed by atoms with Gasteiger partial charge >= 0.3 is 5.76 Å². The van der Waals surface area contributed by atoms with Gasteiger partial charge in [0.15, 0.2) is 5.58 Å². The average Bonchev–Trinajstić information content (AvgIpc) is 3.04. The molecule has 0 spiro atoms. The predicted molar refractivity (Wildman–Crippen MR) is 105 cm³/mol. The zero-order valence-corrected chi connectivity index (χ0v) is 15.2. The van der Waals surface area contributed by atoms with Gasteiger partial charge in [-0.05, 0) is 73.7 Å². The van der Waals surface area contributed by atoms with Gasteiger partial charge in [-0.1, -0.05) is 30.4 Å². The first kappa shape index (κ1) is 17.7. The molecule has 27 heavy (non-hydrogen) atoms. The molecular formula is C22H23FN2O2. The van der Waals surface area contributed by atoms with E-state index in [1.807, 2.05) is 30.3 Å². The molecular weight excluding hydrogens is 343 g/mol. The molecule has 4 rings (SSSR count). The zero-order valence-electron chi connectivity index (χ0n) is 15.2. The van der Waals surface area contributed by atoms with Gasteiger partial charge < -0.3 is 4.42 Å². The summed E-state index contributed by atoms with van der Waals surface area (Å²) in [5.74, 6) is 0.0855. The lowest BCUT2D eigenvalue weighted by molar-refractivity contribution is 0.200. The van der Waals surface area contributed by atoms with E-state index in [2.05, 4.69) is 22.0 Å². The Bertz CT molecular complexity index is 979. The lowest BCUT2D eigenvalue weighted by atomic mass is 9.90. The highest BCUT2D eigenvalue weighted by atomic mass is 19.1. The van der Waals surface area contributed by atoms with Crippen LogP contribution < -0.4 is 5.76 Å². The van der Waals surface area contributed by atoms with Crippen molar-refractivity contribution in [3.63, 3.8) is 0 Å². The Kier molecular flexibility index (Phi) is 5.21. The fourth-order valence-electron chi connectivity index (χ4n) is 3.73. The van der Waals surface area contributed by atoms with Gasteiger partial charge in [-0.2, -0.15) is 0 Å². The van der Waals surface area contributed by atoms with E-state index in [0.717, 1.165) is 37.1 Å². The van der Waals surface area contributed by atoms with E-state index in [1.54, 1.807) is 12.1 Å². The van der Waals surface area contributed by atoms with Gasteiger partial charge in [-0.3, -0.25) is 9.88 Å². The van der Waals surface area contributed by atoms with E-state index < -0.39 is 5.76 Å². The SMILES string of the molecule is O=c1[nH]c2ccc(/C=C/CN3CCC(Cc4ccc(F)cc4)CC3)cc2o1. The molecule has 1 aliphatic rings. The summed E-state index contributed by atoms with van der Waals surface area (Å²) < 4.78 is 18.1. The fourth-order valence-corrected chi connectivity index (χ4v) is 3.73. The maximum absolute atomic E-state index is 13.0. The summed E-state index contributed by atoms with van der Waals surface area (Å²) in [6.07, 6.45) is 7.60. The number of aromatic amines is 1. The van der Waals surface area contributed by atoms with Crippen molar-refractivity contribution in [3.8, 4) is 0 Å². The second-order valence-corrected chi connectivity index (χ2v) is 7.25. The summed E-state index contributed by atoms with van der Waals surface area (Å²) in [5.41, 5.74) is 3.56. The van der Waals surface area contributed by atoms with Crippen LogP contribution in [0.3, 0.4) is 0 Å². The number of hydrogen-bond donors (Lipinski definition) is 1. The number of hydrogen-bond acceptors (Lipinski definition) is 3. The number of nitrogens with zero attached hydrogens (tertiary/aromatic N) is 1. The summed E-state index contributed by atoms with van der Waals surface area (Å²) >= 11 is 0. The third kappa shape index (κ3) is 4.55. The van der Waals surface area contributed by atoms with Crippen molar-refractivity contribution in [1.29, 1.82) is 0 Å². The van der Waals surface area contributed by atoms with Crippen LogP contribution in [0.1, 0.15) is 24.0 Å². The van der Waals surface area contributed by atoms with Gasteiger partial charge in [0.25, 0.3) is 0 Å². The standard InChI is InChI=1S/C22H23FN2O2/c23-19-6-3-17(4-7-19)14-18-9-12-25(13-10-18)11-1-2-16-5-8-20-21(15-16)27-22(26)24-20/h1-8,15,18H,9-14H2,(H,24,26)/b2-1+. The highest BCUT2D eigenvalue weighted by Crippen LogP contribution is 2.22. The van der Waals surface area contributed by atoms with E-state index in [0.29, 0.717) is 11.5 Å². The number of H-pyrrole nitrogens is 1. The molecule has 0 saturated carbocycles. The lowest BCUT2D eigenvalue weighted by Crippen LogP contribution is -2.34. The third-order valence-electron chi connectivity index (χ3n) is 5.26. The molecule has 140 valence electrons. The highest BCUT2D eigenvalue weighted by Gasteiger charge is 2.18. The van der Waals surface area contributed by atoms with E-state index in [9.17, 15) is 9.18 Å². The Morgan fingerprint density at radius 2 is 1.93 bits per heavy atom. The number of piperidine rings is 1. The molecule has 0 atom stereocenters. The summed E-state index contributed by atoms with van der Waals surface area (Å²) in [5, 5.41) is 0. The zero-order chi connectivity index (χ0) is 18.6. The summed E-state index contributed by atoms with van der Waals surface area (Å²) in [6.45, 7) is 3.09. The first-order valence-corrected chi connectivity index (χ1v) is 9.42. The van der Waals surface area contributed by atoms with Crippen molar-refractivity contribution in [2.45, 2.75) is 19.3 Å². The third-order valence-corrected chi connectivity index (χ3v) is 5.26. The Labute approximate surface area is 157 Å². The largest absolute Gasteiger partial charge is 0.417 e. The number of oxazole rings is 1. The number of rotatable bonds is 5. The topological polar surface area (TPSA) is 49.2 Å². The van der Waals surface area contributed by atoms with Crippen molar-refractivity contribution in [2.75, 3.05) is 19.6 Å². The van der Waals surface area contributed by atoms with Crippen LogP contribution in [0.4, 0.5) is 4.39 Å². The average molecular weight is 366 g/mol. The van der Waals surface area contributed by atoms with Crippen LogP contribution in [0.25, 0.3) is 17.2 Å². The molecule has 5 heteroatoms. The molecule has 1 aliphatic heterocycles. The second kappa shape index (κ2) is 7.92. The van der Waals surface area contributed by atoms with Crippen molar-refractivity contribution >= 4 is 17.2 Å². The van der Waals surface area contributed by atoms with Gasteiger partial charge in [0.2, 0.25) is 0 Å². The maximum atomic E-state index is 13.0. The predicted octanol–water partition coefficient (Wildman–Crippen LogP) is 4.23. The number of aromatic nitrogens is 1. The lowest BCUT2D eigenvalue weighted by Gasteiger charge is -2.31. The van der Waals surface area contributed by atoms with Crippen LogP contribution in [-0.2, 0) is 6.42 Å². The smallest absolute Gasteiger partial charge is 0.408 e. The molecule has 1 fully saturated rings. The monoisotopic (exact) mass is 366 g/mol. The molecule has 1 saturated heterocycles. The van der Waals surface area contributed by atoms with Gasteiger partial charge in [-0.15, -0.1) is 0 Å². The summed E-state index contributed by atoms with van der Waals surface area (Å²) in [6, 6.07) is 12.6. The maximum Gasteiger partial charge on any atom is 0.417 e. The van der Waals surface area contributed by atoms with Crippen LogP contribution in [0.15, 0.2) is 57.8 Å². The van der Waals surface area contributed by atoms with E-state index >= 15 is 0 Å². The van der Waals surface area contributed by atoms with E-state index in [-0.39, 0.29) is 5.82 Å². The Morgan fingerprint density at radius 3 is 2.70 bits per heavy atom. The molecule has 1 aromatic heterocycles. The number of nitrogens with one attached hydrogen (secondary N) is 1. The fraction of sp³-hybridized carbons (Fsp3) is 0.318. The van der Waals surface area contributed by atoms with E-state index in [1.165, 1.54) is 18.4 Å². The minimum atomic E-state index is -0.422. The summed E-state index contributed by atoms with van der Waals surface area (Å²) in [4.78, 5) is 16.3. The number of benzene rings is 2. The Hall–Kier alpha value is -2.66. The molecule has 0 radical (unpaired) electrons. The molecule has 4 nitrogen and oxygen atoms in total. The molecule has 0 aliphatic carbocycles. The number of likely N-dealkylation sites (tertiary alicyclic amines) is 1. The minimum Gasteiger partial charge on any atom is -0.408 e. The van der Waals surface area contributed by atoms with Crippen LogP contribution in [0.2, 0.25) is 0 Å². The van der Waals surface area contributed by atoms with Crippen molar-refractivity contribution < 1.29 is 8.81 Å². The molecule has 0 unspecified atom stereocenters. The Morgan fingerprint density at radius 1 is 1.15 bits per heavy atom. The van der Waals surface area contributed by atoms with Crippen molar-refractivity contribution in [1.82, 2.24) is 9.88 Å². The highest BCUT2D eigenvalue weighted by molar-refractivity contribution is 5.75. The van der Waals surface area contributed by atoms with Crippen molar-refractivity contribution in [3.05, 3.63) is 76.0 Å². The van der Waals surface area contributed by atoms with Gasteiger partial charge in [0.1, 0.15) is 5.82 Å². The van der Waals surface area contributed by atoms with Gasteiger partial charge in [0, 0.05) is 6.54 Å². The quantitative estimate of drug-likeness (QED) is 0.735. The van der Waals surface area contributed by atoms with Crippen LogP contribution in [0, 0.1) is 11.7 Å². The molecule has 0 amide bonds. The van der Waals surface area contributed by atoms with Gasteiger partial charge in [0.05, 0.1) is 5.52 Å². The second-order valence-electron chi connectivity index (χ2n) is 7.25. The molecule has 0 bridgehead atoms. The first-order chi connectivity index (χ1) is 13.2. The van der Waals surface area contributed by atoms with E-state index in [4.69, 9.17) is 4.42 Å². The van der Waals surface area contributed by atoms with Crippen LogP contribution >= 0.6 is 0 Å². The Balaban J connectivity index is 1.26. The minimum absolute atomic E-state index is 0.168. The van der Waals surface area contributed by atoms with Gasteiger partial charge in [-0.25, -0.2) is 9.18 Å². The van der Waals surface area contributed by atoms with Crippen LogP contribution in [0.5, 0.6) is 0 Å².